The minimum atomic E-state index is 0. The lowest BCUT2D eigenvalue weighted by atomic mass is 10.2. The van der Waals surface area contributed by atoms with Crippen LogP contribution >= 0.6 is 11.6 Å². The first-order valence-electron chi connectivity index (χ1n) is 8.36. The first-order chi connectivity index (χ1) is 11.7. The fourth-order valence-corrected chi connectivity index (χ4v) is 2.60. The second kappa shape index (κ2) is 19.3. The highest BCUT2D eigenvalue weighted by Gasteiger charge is 1.97. The van der Waals surface area contributed by atoms with Crippen LogP contribution in [-0.4, -0.2) is 54.9 Å². The largest absolute Gasteiger partial charge is 0.412 e. The highest BCUT2D eigenvalue weighted by Crippen LogP contribution is 2.02. The molecular formula is C21H39ClN4O. The number of halogens is 1. The van der Waals surface area contributed by atoms with E-state index in [-0.39, 0.29) is 19.1 Å². The molecule has 0 atom stereocenters. The van der Waals surface area contributed by atoms with Crippen molar-refractivity contribution in [1.29, 1.82) is 0 Å². The van der Waals surface area contributed by atoms with Gasteiger partial charge in [0.25, 0.3) is 0 Å². The SMILES string of the molecule is C.CN(CCCl)Cc1ccccc1.CN(CCN)Cc1ccccc1.N.O. The summed E-state index contributed by atoms with van der Waals surface area (Å²) in [4.78, 5) is 4.43. The quantitative estimate of drug-likeness (QED) is 0.665. The Morgan fingerprint density at radius 2 is 1.15 bits per heavy atom. The van der Waals surface area contributed by atoms with Crippen LogP contribution < -0.4 is 11.9 Å². The van der Waals surface area contributed by atoms with Gasteiger partial charge in [-0.3, -0.25) is 0 Å². The Balaban J connectivity index is -0.000000384. The van der Waals surface area contributed by atoms with Gasteiger partial charge in [-0.2, -0.15) is 0 Å². The number of nitrogens with zero attached hydrogens (tertiary/aromatic N) is 2. The van der Waals surface area contributed by atoms with Gasteiger partial charge in [0.05, 0.1) is 0 Å². The third kappa shape index (κ3) is 15.3. The van der Waals surface area contributed by atoms with Crippen LogP contribution in [0.4, 0.5) is 0 Å². The molecule has 0 fully saturated rings. The zero-order valence-corrected chi connectivity index (χ0v) is 16.8. The number of likely N-dealkylation sites (N-methyl/N-ethyl adjacent to an activating group) is 1. The van der Waals surface area contributed by atoms with E-state index >= 15 is 0 Å². The first-order valence-corrected chi connectivity index (χ1v) is 8.90. The molecule has 0 spiro atoms. The van der Waals surface area contributed by atoms with Crippen LogP contribution in [0.1, 0.15) is 18.6 Å². The molecule has 0 unspecified atom stereocenters. The van der Waals surface area contributed by atoms with Gasteiger partial charge in [-0.1, -0.05) is 68.1 Å². The van der Waals surface area contributed by atoms with Crippen molar-refractivity contribution in [2.75, 3.05) is 39.6 Å². The van der Waals surface area contributed by atoms with Crippen molar-refractivity contribution in [1.82, 2.24) is 16.0 Å². The Hall–Kier alpha value is -1.47. The third-order valence-electron chi connectivity index (χ3n) is 3.57. The van der Waals surface area contributed by atoms with E-state index in [0.717, 1.165) is 32.7 Å². The lowest BCUT2D eigenvalue weighted by Crippen LogP contribution is -2.24. The van der Waals surface area contributed by atoms with E-state index in [1.165, 1.54) is 11.1 Å². The second-order valence-corrected chi connectivity index (χ2v) is 6.30. The summed E-state index contributed by atoms with van der Waals surface area (Å²) in [5.74, 6) is 0.698. The molecule has 0 bridgehead atoms. The van der Waals surface area contributed by atoms with Crippen LogP contribution in [0.5, 0.6) is 0 Å². The van der Waals surface area contributed by atoms with E-state index in [4.69, 9.17) is 17.3 Å². The predicted octanol–water partition coefficient (Wildman–Crippen LogP) is 3.41. The number of rotatable bonds is 8. The molecule has 7 N–H and O–H groups in total. The molecule has 2 rings (SSSR count). The summed E-state index contributed by atoms with van der Waals surface area (Å²) in [7, 11) is 4.16. The average Bonchev–Trinajstić information content (AvgIpc) is 2.58. The monoisotopic (exact) mass is 398 g/mol. The molecule has 2 aromatic carbocycles. The Morgan fingerprint density at radius 1 is 0.778 bits per heavy atom. The Morgan fingerprint density at radius 3 is 1.48 bits per heavy atom. The molecule has 0 aromatic heterocycles. The minimum absolute atomic E-state index is 0. The zero-order chi connectivity index (χ0) is 17.6. The van der Waals surface area contributed by atoms with E-state index in [0.29, 0.717) is 5.88 Å². The molecule has 0 aliphatic carbocycles. The topological polar surface area (TPSA) is 99.0 Å². The van der Waals surface area contributed by atoms with Crippen LogP contribution in [0.2, 0.25) is 0 Å². The zero-order valence-electron chi connectivity index (χ0n) is 16.1. The maximum atomic E-state index is 5.62. The van der Waals surface area contributed by atoms with Crippen LogP contribution in [0, 0.1) is 0 Å². The summed E-state index contributed by atoms with van der Waals surface area (Å²) in [5, 5.41) is 0. The maximum Gasteiger partial charge on any atom is 0.0351 e. The Bertz CT molecular complexity index is 479. The lowest BCUT2D eigenvalue weighted by molar-refractivity contribution is 0.336. The van der Waals surface area contributed by atoms with Crippen molar-refractivity contribution in [2.24, 2.45) is 5.73 Å². The van der Waals surface area contributed by atoms with E-state index in [2.05, 4.69) is 72.4 Å². The summed E-state index contributed by atoms with van der Waals surface area (Å²) < 4.78 is 0. The van der Waals surface area contributed by atoms with Crippen LogP contribution in [-0.2, 0) is 13.1 Å². The van der Waals surface area contributed by atoms with Crippen LogP contribution in [0.25, 0.3) is 0 Å². The summed E-state index contributed by atoms with van der Waals surface area (Å²) in [6.45, 7) is 4.58. The smallest absolute Gasteiger partial charge is 0.0351 e. The summed E-state index contributed by atoms with van der Waals surface area (Å²) >= 11 is 5.62. The molecule has 27 heavy (non-hydrogen) atoms. The van der Waals surface area contributed by atoms with E-state index in [1.807, 2.05) is 12.1 Å². The third-order valence-corrected chi connectivity index (χ3v) is 3.74. The molecule has 156 valence electrons. The normalized spacial score (nSPS) is 9.41. The van der Waals surface area contributed by atoms with Crippen molar-refractivity contribution in [3.8, 4) is 0 Å². The predicted molar refractivity (Wildman–Crippen MR) is 121 cm³/mol. The van der Waals surface area contributed by atoms with Crippen LogP contribution in [0.3, 0.4) is 0 Å². The number of benzene rings is 2. The highest BCUT2D eigenvalue weighted by molar-refractivity contribution is 6.18. The minimum Gasteiger partial charge on any atom is -0.412 e. The molecule has 0 aliphatic heterocycles. The molecule has 0 saturated heterocycles. The van der Waals surface area contributed by atoms with E-state index in [1.54, 1.807) is 0 Å². The van der Waals surface area contributed by atoms with E-state index < -0.39 is 0 Å². The molecule has 0 saturated carbocycles. The lowest BCUT2D eigenvalue weighted by Gasteiger charge is -2.14. The average molecular weight is 399 g/mol. The maximum absolute atomic E-state index is 5.62. The highest BCUT2D eigenvalue weighted by atomic mass is 35.5. The molecule has 6 heteroatoms. The fourth-order valence-electron chi connectivity index (χ4n) is 2.31. The van der Waals surface area contributed by atoms with Gasteiger partial charge in [0.15, 0.2) is 0 Å². The van der Waals surface area contributed by atoms with Gasteiger partial charge in [0.2, 0.25) is 0 Å². The van der Waals surface area contributed by atoms with Crippen molar-refractivity contribution in [2.45, 2.75) is 20.5 Å². The molecule has 5 nitrogen and oxygen atoms in total. The molecule has 0 heterocycles. The van der Waals surface area contributed by atoms with E-state index in [9.17, 15) is 0 Å². The molecule has 0 amide bonds. The standard InChI is InChI=1S/C10H14ClN.C10H16N2.CH4.H3N.H2O/c2*1-12(8-7-11)9-10-5-3-2-4-6-10;;;/h2-6H,7-9H2,1H3;2-6H,7-9,11H2,1H3;1H4;1H3;1H2. The summed E-state index contributed by atoms with van der Waals surface area (Å²) in [5.41, 5.74) is 8.12. The second-order valence-electron chi connectivity index (χ2n) is 5.92. The van der Waals surface area contributed by atoms with Crippen molar-refractivity contribution in [3.05, 3.63) is 71.8 Å². The summed E-state index contributed by atoms with van der Waals surface area (Å²) in [6, 6.07) is 20.8. The molecule has 0 aliphatic rings. The van der Waals surface area contributed by atoms with Crippen molar-refractivity contribution >= 4 is 11.6 Å². The van der Waals surface area contributed by atoms with Gasteiger partial charge in [0, 0.05) is 38.6 Å². The fraction of sp³-hybridized carbons (Fsp3) is 0.429. The van der Waals surface area contributed by atoms with Gasteiger partial charge >= 0.3 is 0 Å². The van der Waals surface area contributed by atoms with Gasteiger partial charge in [-0.15, -0.1) is 11.6 Å². The number of hydrogen-bond donors (Lipinski definition) is 2. The van der Waals surface area contributed by atoms with Crippen molar-refractivity contribution in [3.63, 3.8) is 0 Å². The first kappa shape index (κ1) is 30.3. The van der Waals surface area contributed by atoms with Gasteiger partial charge in [-0.05, 0) is 25.2 Å². The number of alkyl halides is 1. The van der Waals surface area contributed by atoms with Gasteiger partial charge in [0.1, 0.15) is 0 Å². The number of hydrogen-bond acceptors (Lipinski definition) is 4. The molecular weight excluding hydrogens is 360 g/mol. The van der Waals surface area contributed by atoms with Gasteiger partial charge < -0.3 is 27.2 Å². The summed E-state index contributed by atoms with van der Waals surface area (Å²) in [6.07, 6.45) is 0. The molecule has 0 radical (unpaired) electrons. The Kier molecular flexibility index (Phi) is 21.6. The Labute approximate surface area is 171 Å². The van der Waals surface area contributed by atoms with Gasteiger partial charge in [-0.25, -0.2) is 0 Å². The number of nitrogens with two attached hydrogens (primary N) is 1. The molecule has 2 aromatic rings. The van der Waals surface area contributed by atoms with Crippen molar-refractivity contribution < 1.29 is 5.48 Å². The van der Waals surface area contributed by atoms with Crippen LogP contribution in [0.15, 0.2) is 60.7 Å².